The summed E-state index contributed by atoms with van der Waals surface area (Å²) in [5.74, 6) is -6.65. The SMILES string of the molecule is CN(C)C(=O)[C@@H](NC(=O)CNC(=O)C(=O)C(CCC(F)(F)F)NC(=O)[C@@H]1[C@H]2CC(C)(C)O[C@H]2CN1C(=O)[C@@H](NC(=O)OC(C)(C)C)C(C)(C)C)c1ccccc1. The summed E-state index contributed by atoms with van der Waals surface area (Å²) >= 11 is 0. The van der Waals surface area contributed by atoms with Crippen molar-refractivity contribution in [2.24, 2.45) is 11.3 Å². The van der Waals surface area contributed by atoms with Crippen LogP contribution in [0.5, 0.6) is 0 Å². The third-order valence-electron chi connectivity index (χ3n) is 9.23. The first-order chi connectivity index (χ1) is 25.6. The van der Waals surface area contributed by atoms with Crippen LogP contribution in [-0.2, 0) is 38.2 Å². The average Bonchev–Trinajstić information content (AvgIpc) is 3.55. The summed E-state index contributed by atoms with van der Waals surface area (Å²) in [7, 11) is 2.96. The molecule has 1 aromatic rings. The molecule has 56 heavy (non-hydrogen) atoms. The molecule has 0 aromatic heterocycles. The van der Waals surface area contributed by atoms with Crippen molar-refractivity contribution in [1.29, 1.82) is 0 Å². The molecule has 2 fully saturated rings. The average molecular weight is 797 g/mol. The summed E-state index contributed by atoms with van der Waals surface area (Å²) in [5.41, 5.74) is -2.11. The fourth-order valence-electron chi connectivity index (χ4n) is 6.72. The number of ether oxygens (including phenoxy) is 2. The van der Waals surface area contributed by atoms with Crippen molar-refractivity contribution >= 4 is 41.4 Å². The maximum absolute atomic E-state index is 14.3. The number of fused-ring (bicyclic) bond motifs is 1. The Labute approximate surface area is 325 Å². The molecule has 1 unspecified atom stereocenters. The van der Waals surface area contributed by atoms with Crippen molar-refractivity contribution < 1.29 is 56.2 Å². The van der Waals surface area contributed by atoms with Crippen LogP contribution in [0.4, 0.5) is 18.0 Å². The molecule has 2 aliphatic heterocycles. The molecule has 0 radical (unpaired) electrons. The van der Waals surface area contributed by atoms with Crippen LogP contribution in [0.1, 0.15) is 86.3 Å². The maximum Gasteiger partial charge on any atom is 0.408 e. The van der Waals surface area contributed by atoms with E-state index in [9.17, 15) is 46.7 Å². The highest BCUT2D eigenvalue weighted by atomic mass is 19.4. The molecular weight excluding hydrogens is 741 g/mol. The van der Waals surface area contributed by atoms with E-state index in [1.54, 1.807) is 85.7 Å². The zero-order chi connectivity index (χ0) is 42.6. The van der Waals surface area contributed by atoms with Crippen LogP contribution in [0.15, 0.2) is 30.3 Å². The largest absolute Gasteiger partial charge is 0.444 e. The van der Waals surface area contributed by atoms with Gasteiger partial charge in [0.2, 0.25) is 29.4 Å². The number of nitrogens with zero attached hydrogens (tertiary/aromatic N) is 2. The van der Waals surface area contributed by atoms with Gasteiger partial charge in [-0.2, -0.15) is 13.2 Å². The predicted molar refractivity (Wildman–Crippen MR) is 196 cm³/mol. The first-order valence-electron chi connectivity index (χ1n) is 18.3. The number of hydrogen-bond acceptors (Lipinski definition) is 9. The quantitative estimate of drug-likeness (QED) is 0.218. The second kappa shape index (κ2) is 17.6. The fourth-order valence-corrected chi connectivity index (χ4v) is 6.72. The summed E-state index contributed by atoms with van der Waals surface area (Å²) in [6.45, 7) is 12.6. The van der Waals surface area contributed by atoms with Gasteiger partial charge in [-0.3, -0.25) is 28.8 Å². The molecule has 6 atom stereocenters. The lowest BCUT2D eigenvalue weighted by molar-refractivity contribution is -0.148. The Morgan fingerprint density at radius 1 is 0.946 bits per heavy atom. The molecular formula is C38H55F3N6O9. The molecule has 2 saturated heterocycles. The van der Waals surface area contributed by atoms with E-state index in [1.165, 1.54) is 23.9 Å². The number of amides is 6. The first kappa shape index (κ1) is 45.6. The maximum atomic E-state index is 14.3. The summed E-state index contributed by atoms with van der Waals surface area (Å²) in [5, 5.41) is 9.43. The number of likely N-dealkylation sites (N-methyl/N-ethyl adjacent to an activating group) is 1. The molecule has 4 N–H and O–H groups in total. The van der Waals surface area contributed by atoms with Crippen molar-refractivity contribution in [3.63, 3.8) is 0 Å². The van der Waals surface area contributed by atoms with Gasteiger partial charge < -0.3 is 40.5 Å². The van der Waals surface area contributed by atoms with Crippen molar-refractivity contribution in [2.45, 2.75) is 122 Å². The minimum absolute atomic E-state index is 0.106. The van der Waals surface area contributed by atoms with E-state index in [4.69, 9.17) is 9.47 Å². The third kappa shape index (κ3) is 12.6. The summed E-state index contributed by atoms with van der Waals surface area (Å²) in [4.78, 5) is 95.9. The van der Waals surface area contributed by atoms with Gasteiger partial charge in [-0.15, -0.1) is 0 Å². The number of nitrogens with one attached hydrogen (secondary N) is 4. The second-order valence-corrected chi connectivity index (χ2v) is 17.1. The Kier molecular flexibility index (Phi) is 14.3. The molecule has 312 valence electrons. The van der Waals surface area contributed by atoms with Gasteiger partial charge in [0.1, 0.15) is 23.7 Å². The minimum atomic E-state index is -4.78. The van der Waals surface area contributed by atoms with Crippen molar-refractivity contribution in [3.8, 4) is 0 Å². The Balaban J connectivity index is 1.85. The van der Waals surface area contributed by atoms with Gasteiger partial charge in [0.25, 0.3) is 5.91 Å². The normalized spacial score (nSPS) is 20.8. The topological polar surface area (TPSA) is 193 Å². The van der Waals surface area contributed by atoms with E-state index in [0.717, 1.165) is 0 Å². The molecule has 0 spiro atoms. The van der Waals surface area contributed by atoms with E-state index < -0.39 is 120 Å². The third-order valence-corrected chi connectivity index (χ3v) is 9.23. The summed E-state index contributed by atoms with van der Waals surface area (Å²) < 4.78 is 51.9. The van der Waals surface area contributed by atoms with Crippen LogP contribution >= 0.6 is 0 Å². The van der Waals surface area contributed by atoms with E-state index in [2.05, 4.69) is 21.3 Å². The fraction of sp³-hybridized carbons (Fsp3) is 0.658. The Morgan fingerprint density at radius 2 is 1.55 bits per heavy atom. The molecule has 2 heterocycles. The van der Waals surface area contributed by atoms with E-state index >= 15 is 0 Å². The highest BCUT2D eigenvalue weighted by Crippen LogP contribution is 2.43. The number of Topliss-reactive ketones (excluding diaryl/α,β-unsaturated/α-hetero) is 1. The number of alkyl halides is 3. The summed E-state index contributed by atoms with van der Waals surface area (Å²) in [6, 6.07) is 2.46. The minimum Gasteiger partial charge on any atom is -0.444 e. The molecule has 2 aliphatic rings. The predicted octanol–water partition coefficient (Wildman–Crippen LogP) is 2.78. The Morgan fingerprint density at radius 3 is 2.09 bits per heavy atom. The number of hydrogen-bond donors (Lipinski definition) is 4. The summed E-state index contributed by atoms with van der Waals surface area (Å²) in [6.07, 6.45) is -8.65. The lowest BCUT2D eigenvalue weighted by atomic mass is 9.85. The Hall–Kier alpha value is -4.74. The lowest BCUT2D eigenvalue weighted by Gasteiger charge is -2.37. The number of carbonyl (C=O) groups excluding carboxylic acids is 7. The van der Waals surface area contributed by atoms with E-state index in [1.807, 2.05) is 0 Å². The van der Waals surface area contributed by atoms with E-state index in [0.29, 0.717) is 5.56 Å². The van der Waals surface area contributed by atoms with Crippen LogP contribution < -0.4 is 21.3 Å². The standard InChI is InChI=1S/C38H55F3N6O9/c1-35(2,3)29(45-34(54)56-36(4,5)6)33(53)47-20-24-22(18-37(7,8)55-24)27(47)30(50)43-23(16-17-38(39,40)41)28(49)31(51)42-19-25(48)44-26(32(52)46(9)10)21-14-12-11-13-15-21/h11-15,22-24,26-27,29H,16-20H2,1-10H3,(H,42,51)(H,43,50)(H,44,48)(H,45,54)/t22-,23?,24-,26-,27-,29+/m0/s1. The van der Waals surface area contributed by atoms with Gasteiger partial charge in [0.15, 0.2) is 0 Å². The molecule has 15 nitrogen and oxygen atoms in total. The first-order valence-corrected chi connectivity index (χ1v) is 18.3. The molecule has 18 heteroatoms. The molecule has 0 aliphatic carbocycles. The zero-order valence-corrected chi connectivity index (χ0v) is 33.6. The van der Waals surface area contributed by atoms with Crippen molar-refractivity contribution in [2.75, 3.05) is 27.2 Å². The van der Waals surface area contributed by atoms with Gasteiger partial charge in [-0.05, 0) is 58.4 Å². The smallest absolute Gasteiger partial charge is 0.408 e. The number of rotatable bonds is 13. The van der Waals surface area contributed by atoms with Gasteiger partial charge in [0, 0.05) is 33.0 Å². The van der Waals surface area contributed by atoms with Crippen LogP contribution in [0.25, 0.3) is 0 Å². The number of carbonyl (C=O) groups is 7. The highest BCUT2D eigenvalue weighted by Gasteiger charge is 2.57. The molecule has 6 amide bonds. The monoisotopic (exact) mass is 796 g/mol. The van der Waals surface area contributed by atoms with Gasteiger partial charge >= 0.3 is 12.3 Å². The van der Waals surface area contributed by atoms with Crippen LogP contribution in [0.3, 0.4) is 0 Å². The van der Waals surface area contributed by atoms with Gasteiger partial charge in [-0.1, -0.05) is 51.1 Å². The molecule has 1 aromatic carbocycles. The van der Waals surface area contributed by atoms with Gasteiger partial charge in [0.05, 0.1) is 24.3 Å². The van der Waals surface area contributed by atoms with Gasteiger partial charge in [-0.25, -0.2) is 4.79 Å². The zero-order valence-electron chi connectivity index (χ0n) is 33.6. The Bertz CT molecular complexity index is 1640. The van der Waals surface area contributed by atoms with Crippen molar-refractivity contribution in [3.05, 3.63) is 35.9 Å². The molecule has 0 saturated carbocycles. The molecule has 0 bridgehead atoms. The molecule has 3 rings (SSSR count). The highest BCUT2D eigenvalue weighted by molar-refractivity contribution is 6.38. The van der Waals surface area contributed by atoms with E-state index in [-0.39, 0.29) is 13.0 Å². The number of likely N-dealkylation sites (tertiary alicyclic amines) is 1. The van der Waals surface area contributed by atoms with Crippen LogP contribution in [0, 0.1) is 11.3 Å². The van der Waals surface area contributed by atoms with Crippen molar-refractivity contribution in [1.82, 2.24) is 31.1 Å². The second-order valence-electron chi connectivity index (χ2n) is 17.1. The number of ketones is 1. The lowest BCUT2D eigenvalue weighted by Crippen LogP contribution is -2.60. The number of benzene rings is 1. The number of halogens is 3. The van der Waals surface area contributed by atoms with Crippen LogP contribution in [-0.4, -0.2) is 120 Å². The number of alkyl carbamates (subject to hydrolysis) is 1. The van der Waals surface area contributed by atoms with Crippen LogP contribution in [0.2, 0.25) is 0 Å².